The number of amides is 2. The Hall–Kier alpha value is -2.45. The zero-order valence-corrected chi connectivity index (χ0v) is 20.4. The van der Waals surface area contributed by atoms with Crippen LogP contribution in [-0.4, -0.2) is 11.8 Å². The Labute approximate surface area is 204 Å². The van der Waals surface area contributed by atoms with Gasteiger partial charge in [0.1, 0.15) is 0 Å². The van der Waals surface area contributed by atoms with Gasteiger partial charge >= 0.3 is 0 Å². The smallest absolute Gasteiger partial charge is 0.294 e. The van der Waals surface area contributed by atoms with E-state index in [1.165, 1.54) is 0 Å². The third-order valence-corrected chi connectivity index (χ3v) is 5.91. The van der Waals surface area contributed by atoms with Crippen molar-refractivity contribution in [1.29, 1.82) is 0 Å². The lowest BCUT2D eigenvalue weighted by atomic mass is 10.0. The maximum absolute atomic E-state index is 13.6. The second-order valence-electron chi connectivity index (χ2n) is 7.61. The summed E-state index contributed by atoms with van der Waals surface area (Å²) in [7, 11) is 0. The van der Waals surface area contributed by atoms with E-state index >= 15 is 0 Å². The molecule has 5 nitrogen and oxygen atoms in total. The van der Waals surface area contributed by atoms with E-state index in [9.17, 15) is 9.59 Å². The lowest BCUT2D eigenvalue weighted by Crippen LogP contribution is -3.00. The van der Waals surface area contributed by atoms with Crippen molar-refractivity contribution >= 4 is 34.8 Å². The van der Waals surface area contributed by atoms with Gasteiger partial charge in [0.15, 0.2) is 6.20 Å². The SMILES string of the molecule is Cc1ccc(N2C(=O)C[n+]3ccccc3C2C(=O)Nc2c(C)cccc2C)cc1Cl.[I-]. The highest BCUT2D eigenvalue weighted by molar-refractivity contribution is 6.31. The molecule has 1 N–H and O–H groups in total. The van der Waals surface area contributed by atoms with E-state index in [4.69, 9.17) is 11.6 Å². The summed E-state index contributed by atoms with van der Waals surface area (Å²) in [6.45, 7) is 5.97. The van der Waals surface area contributed by atoms with Gasteiger partial charge in [-0.2, -0.15) is 4.57 Å². The van der Waals surface area contributed by atoms with Crippen LogP contribution in [0.25, 0.3) is 0 Å². The minimum Gasteiger partial charge on any atom is -1.00 e. The molecule has 0 bridgehead atoms. The number of fused-ring (bicyclic) bond motifs is 1. The number of nitrogens with zero attached hydrogens (tertiary/aromatic N) is 2. The molecule has 2 amide bonds. The van der Waals surface area contributed by atoms with Crippen LogP contribution in [0.15, 0.2) is 60.8 Å². The molecule has 0 aliphatic carbocycles. The number of carbonyl (C=O) groups is 2. The van der Waals surface area contributed by atoms with E-state index in [2.05, 4.69) is 5.32 Å². The molecule has 160 valence electrons. The largest absolute Gasteiger partial charge is 1.00 e. The summed E-state index contributed by atoms with van der Waals surface area (Å²) >= 11 is 6.34. The Morgan fingerprint density at radius 3 is 2.42 bits per heavy atom. The second-order valence-corrected chi connectivity index (χ2v) is 8.02. The van der Waals surface area contributed by atoms with E-state index in [1.807, 2.05) is 80.1 Å². The van der Waals surface area contributed by atoms with Crippen LogP contribution in [0.5, 0.6) is 0 Å². The molecule has 0 saturated heterocycles. The summed E-state index contributed by atoms with van der Waals surface area (Å²) in [5, 5.41) is 3.61. The van der Waals surface area contributed by atoms with Gasteiger partial charge in [0.2, 0.25) is 18.3 Å². The first kappa shape index (κ1) is 23.2. The van der Waals surface area contributed by atoms with Gasteiger partial charge in [-0.25, -0.2) is 0 Å². The van der Waals surface area contributed by atoms with Crippen LogP contribution in [0.2, 0.25) is 5.02 Å². The summed E-state index contributed by atoms with van der Waals surface area (Å²) in [5.41, 5.74) is 4.97. The molecule has 1 atom stereocenters. The predicted octanol–water partition coefficient (Wildman–Crippen LogP) is 1.28. The summed E-state index contributed by atoms with van der Waals surface area (Å²) in [5.74, 6) is -0.433. The highest BCUT2D eigenvalue weighted by atomic mass is 127. The Balaban J connectivity index is 0.00000272. The molecule has 1 aromatic heterocycles. The molecule has 7 heteroatoms. The average molecular weight is 548 g/mol. The summed E-state index contributed by atoms with van der Waals surface area (Å²) in [6.07, 6.45) is 1.83. The van der Waals surface area contributed by atoms with E-state index in [-0.39, 0.29) is 42.3 Å². The fourth-order valence-corrected chi connectivity index (χ4v) is 4.03. The molecule has 3 aromatic rings. The molecular formula is C24H23ClIN3O2. The highest BCUT2D eigenvalue weighted by Gasteiger charge is 2.43. The number of nitrogens with one attached hydrogen (secondary N) is 1. The van der Waals surface area contributed by atoms with Gasteiger partial charge in [-0.15, -0.1) is 0 Å². The number of pyridine rings is 1. The number of hydrogen-bond donors (Lipinski definition) is 1. The van der Waals surface area contributed by atoms with Crippen LogP contribution in [0.1, 0.15) is 28.4 Å². The molecular weight excluding hydrogens is 525 g/mol. The zero-order chi connectivity index (χ0) is 21.4. The Bertz CT molecular complexity index is 1150. The first-order valence-electron chi connectivity index (χ1n) is 9.80. The Morgan fingerprint density at radius 2 is 1.74 bits per heavy atom. The van der Waals surface area contributed by atoms with E-state index in [0.717, 1.165) is 28.1 Å². The molecule has 4 rings (SSSR count). The third-order valence-electron chi connectivity index (χ3n) is 5.50. The molecule has 0 fully saturated rings. The van der Waals surface area contributed by atoms with Gasteiger partial charge in [0.05, 0.1) is 0 Å². The minimum atomic E-state index is -0.815. The minimum absolute atomic E-state index is 0. The highest BCUT2D eigenvalue weighted by Crippen LogP contribution is 2.33. The molecule has 1 aliphatic heterocycles. The fourth-order valence-electron chi connectivity index (χ4n) is 3.86. The monoisotopic (exact) mass is 547 g/mol. The molecule has 1 unspecified atom stereocenters. The number of benzene rings is 2. The van der Waals surface area contributed by atoms with Crippen molar-refractivity contribution in [1.82, 2.24) is 0 Å². The molecule has 2 aromatic carbocycles. The first-order valence-corrected chi connectivity index (χ1v) is 10.2. The normalized spacial score (nSPS) is 15.2. The number of carbonyl (C=O) groups excluding carboxylic acids is 2. The predicted molar refractivity (Wildman–Crippen MR) is 118 cm³/mol. The summed E-state index contributed by atoms with van der Waals surface area (Å²) < 4.78 is 1.82. The maximum atomic E-state index is 13.6. The van der Waals surface area contributed by atoms with Crippen molar-refractivity contribution in [2.24, 2.45) is 0 Å². The van der Waals surface area contributed by atoms with Crippen molar-refractivity contribution in [3.8, 4) is 0 Å². The number of hydrogen-bond acceptors (Lipinski definition) is 2. The molecule has 0 saturated carbocycles. The van der Waals surface area contributed by atoms with Crippen molar-refractivity contribution in [2.45, 2.75) is 33.4 Å². The summed E-state index contributed by atoms with van der Waals surface area (Å²) in [4.78, 5) is 28.2. The van der Waals surface area contributed by atoms with Crippen LogP contribution in [-0.2, 0) is 16.1 Å². The van der Waals surface area contributed by atoms with Crippen LogP contribution in [0.4, 0.5) is 11.4 Å². The molecule has 1 aliphatic rings. The lowest BCUT2D eigenvalue weighted by molar-refractivity contribution is -0.695. The Morgan fingerprint density at radius 1 is 1.03 bits per heavy atom. The number of para-hydroxylation sites is 1. The number of rotatable bonds is 3. The third kappa shape index (κ3) is 4.45. The molecule has 2 heterocycles. The van der Waals surface area contributed by atoms with Crippen LogP contribution >= 0.6 is 11.6 Å². The van der Waals surface area contributed by atoms with Crippen molar-refractivity contribution in [3.05, 3.63) is 88.2 Å². The lowest BCUT2D eigenvalue weighted by Gasteiger charge is -2.32. The van der Waals surface area contributed by atoms with E-state index in [0.29, 0.717) is 10.7 Å². The number of anilines is 2. The molecule has 0 spiro atoms. The standard InChI is InChI=1S/C24H22ClN3O2.HI/c1-15-10-11-18(13-19(15)25)28-21(29)14-27-12-5-4-9-20(27)23(28)24(30)26-22-16(2)7-6-8-17(22)3;/h4-13,23H,14H2,1-3H3;1H. The average Bonchev–Trinajstić information content (AvgIpc) is 2.72. The van der Waals surface area contributed by atoms with Crippen molar-refractivity contribution < 1.29 is 38.1 Å². The second kappa shape index (κ2) is 9.36. The van der Waals surface area contributed by atoms with Gasteiger partial charge in [0, 0.05) is 28.5 Å². The first-order chi connectivity index (χ1) is 14.4. The quantitative estimate of drug-likeness (QED) is 0.397. The van der Waals surface area contributed by atoms with E-state index < -0.39 is 6.04 Å². The molecule has 0 radical (unpaired) electrons. The summed E-state index contributed by atoms with van der Waals surface area (Å²) in [6, 6.07) is 16.1. The number of aryl methyl sites for hydroxylation is 3. The van der Waals surface area contributed by atoms with Crippen molar-refractivity contribution in [2.75, 3.05) is 10.2 Å². The van der Waals surface area contributed by atoms with Crippen molar-refractivity contribution in [3.63, 3.8) is 0 Å². The van der Waals surface area contributed by atoms with Gasteiger partial charge in [0.25, 0.3) is 11.8 Å². The number of halogens is 2. The maximum Gasteiger partial charge on any atom is 0.294 e. The zero-order valence-electron chi connectivity index (χ0n) is 17.5. The Kier molecular flexibility index (Phi) is 7.01. The van der Waals surface area contributed by atoms with Crippen LogP contribution < -0.4 is 38.8 Å². The van der Waals surface area contributed by atoms with Gasteiger partial charge in [-0.05, 0) is 49.6 Å². The van der Waals surface area contributed by atoms with Crippen LogP contribution in [0.3, 0.4) is 0 Å². The van der Waals surface area contributed by atoms with Gasteiger partial charge in [-0.1, -0.05) is 41.9 Å². The van der Waals surface area contributed by atoms with Gasteiger partial charge < -0.3 is 29.3 Å². The molecule has 31 heavy (non-hydrogen) atoms. The van der Waals surface area contributed by atoms with Crippen LogP contribution in [0, 0.1) is 20.8 Å². The van der Waals surface area contributed by atoms with Gasteiger partial charge in [-0.3, -0.25) is 14.5 Å². The van der Waals surface area contributed by atoms with E-state index in [1.54, 1.807) is 11.0 Å². The fraction of sp³-hybridized carbons (Fsp3) is 0.208. The topological polar surface area (TPSA) is 53.3 Å². The number of aromatic nitrogens is 1.